The molecular weight excluding hydrogens is 450 g/mol. The molecule has 1 fully saturated rings. The third kappa shape index (κ3) is 6.52. The van der Waals surface area contributed by atoms with Crippen LogP contribution in [0.2, 0.25) is 0 Å². The molecule has 2 heterocycles. The normalized spacial score (nSPS) is 18.0. The Morgan fingerprint density at radius 3 is 2.48 bits per heavy atom. The average molecular weight is 480 g/mol. The molecule has 0 bridgehead atoms. The Bertz CT molecular complexity index is 878. The lowest BCUT2D eigenvalue weighted by molar-refractivity contribution is -0.136. The predicted molar refractivity (Wildman–Crippen MR) is 122 cm³/mol. The number of unbranched alkanes of at least 4 members (excludes halogenated alkanes) is 3. The fourth-order valence-corrected chi connectivity index (χ4v) is 4.08. The van der Waals surface area contributed by atoms with Crippen LogP contribution in [-0.2, 0) is 19.1 Å². The largest absolute Gasteiger partial charge is 0.382 e. The Morgan fingerprint density at radius 2 is 1.73 bits per heavy atom. The first kappa shape index (κ1) is 25.1. The quantitative estimate of drug-likeness (QED) is 0.239. The second-order valence-corrected chi connectivity index (χ2v) is 8.31. The first-order valence-corrected chi connectivity index (χ1v) is 11.9. The Morgan fingerprint density at radius 1 is 0.970 bits per heavy atom. The van der Waals surface area contributed by atoms with E-state index in [9.17, 15) is 19.2 Å². The van der Waals surface area contributed by atoms with E-state index >= 15 is 0 Å². The molecule has 0 aromatic heterocycles. The number of fused-ring (bicyclic) bond motifs is 1. The van der Waals surface area contributed by atoms with Gasteiger partial charge in [-0.15, -0.1) is 11.6 Å². The number of nitrogens with zero attached hydrogens (tertiary/aromatic N) is 1. The van der Waals surface area contributed by atoms with Crippen LogP contribution in [0.3, 0.4) is 0 Å². The summed E-state index contributed by atoms with van der Waals surface area (Å²) in [7, 11) is 0. The van der Waals surface area contributed by atoms with Gasteiger partial charge in [-0.25, -0.2) is 0 Å². The molecule has 2 aliphatic rings. The van der Waals surface area contributed by atoms with Crippen LogP contribution < -0.4 is 10.6 Å². The maximum atomic E-state index is 13.0. The first-order valence-electron chi connectivity index (χ1n) is 11.3. The number of ether oxygens (including phenoxy) is 2. The second-order valence-electron chi connectivity index (χ2n) is 7.93. The molecule has 180 valence electrons. The van der Waals surface area contributed by atoms with Crippen molar-refractivity contribution in [1.82, 2.24) is 10.2 Å². The zero-order valence-electron chi connectivity index (χ0n) is 18.6. The van der Waals surface area contributed by atoms with Gasteiger partial charge in [0.1, 0.15) is 6.04 Å². The number of imide groups is 2. The number of halogens is 1. The van der Waals surface area contributed by atoms with Gasteiger partial charge in [0.05, 0.1) is 30.9 Å². The number of alkyl halides is 1. The molecule has 1 saturated heterocycles. The zero-order chi connectivity index (χ0) is 23.6. The number of carbonyl (C=O) groups excluding carboxylic acids is 4. The second kappa shape index (κ2) is 12.7. The predicted octanol–water partition coefficient (Wildman–Crippen LogP) is 2.33. The summed E-state index contributed by atoms with van der Waals surface area (Å²) in [6, 6.07) is 3.98. The minimum atomic E-state index is -0.980. The van der Waals surface area contributed by atoms with Crippen LogP contribution in [0.5, 0.6) is 0 Å². The minimum Gasteiger partial charge on any atom is -0.382 e. The van der Waals surface area contributed by atoms with E-state index < -0.39 is 29.7 Å². The Labute approximate surface area is 198 Å². The average Bonchev–Trinajstić information content (AvgIpc) is 3.05. The highest BCUT2D eigenvalue weighted by molar-refractivity contribution is 6.25. The van der Waals surface area contributed by atoms with Gasteiger partial charge in [0, 0.05) is 31.1 Å². The van der Waals surface area contributed by atoms with Gasteiger partial charge in [0.25, 0.3) is 11.8 Å². The third-order valence-electron chi connectivity index (χ3n) is 5.57. The maximum absolute atomic E-state index is 13.0. The molecule has 2 N–H and O–H groups in total. The van der Waals surface area contributed by atoms with Crippen LogP contribution in [0.4, 0.5) is 5.69 Å². The molecule has 0 spiro atoms. The van der Waals surface area contributed by atoms with Crippen LogP contribution in [0.1, 0.15) is 59.2 Å². The number of benzene rings is 1. The number of piperidine rings is 1. The summed E-state index contributed by atoms with van der Waals surface area (Å²) in [6.07, 6.45) is 4.50. The van der Waals surface area contributed by atoms with Gasteiger partial charge in [0.15, 0.2) is 0 Å². The molecule has 0 saturated carbocycles. The SMILES string of the molecule is O=C1CCC(N2C(=O)c3cccc(NCCOCCOCCCCCCCl)c3C2=O)C(=O)N1. The highest BCUT2D eigenvalue weighted by atomic mass is 35.5. The van der Waals surface area contributed by atoms with Crippen molar-refractivity contribution in [3.8, 4) is 0 Å². The molecule has 1 aromatic rings. The number of rotatable bonds is 14. The molecular formula is C23H30ClN3O6. The van der Waals surface area contributed by atoms with Gasteiger partial charge >= 0.3 is 0 Å². The molecule has 0 radical (unpaired) electrons. The van der Waals surface area contributed by atoms with E-state index in [0.717, 1.165) is 30.6 Å². The van der Waals surface area contributed by atoms with E-state index in [4.69, 9.17) is 21.1 Å². The Hall–Kier alpha value is -2.49. The van der Waals surface area contributed by atoms with Gasteiger partial charge in [-0.3, -0.25) is 29.4 Å². The molecule has 3 rings (SSSR count). The maximum Gasteiger partial charge on any atom is 0.264 e. The van der Waals surface area contributed by atoms with E-state index in [1.54, 1.807) is 18.2 Å². The molecule has 10 heteroatoms. The van der Waals surface area contributed by atoms with Crippen molar-refractivity contribution in [2.75, 3.05) is 44.2 Å². The van der Waals surface area contributed by atoms with Crippen LogP contribution in [0, 0.1) is 0 Å². The first-order chi connectivity index (χ1) is 16.0. The van der Waals surface area contributed by atoms with Crippen molar-refractivity contribution in [2.24, 2.45) is 0 Å². The lowest BCUT2D eigenvalue weighted by Crippen LogP contribution is -2.54. The number of carbonyl (C=O) groups is 4. The molecule has 9 nitrogen and oxygen atoms in total. The monoisotopic (exact) mass is 479 g/mol. The summed E-state index contributed by atoms with van der Waals surface area (Å²) in [5, 5.41) is 5.33. The van der Waals surface area contributed by atoms with Crippen molar-refractivity contribution >= 4 is 40.9 Å². The van der Waals surface area contributed by atoms with Gasteiger partial charge in [-0.05, 0) is 31.4 Å². The van der Waals surface area contributed by atoms with Crippen molar-refractivity contribution < 1.29 is 28.7 Å². The number of hydrogen-bond donors (Lipinski definition) is 2. The van der Waals surface area contributed by atoms with Gasteiger partial charge < -0.3 is 14.8 Å². The van der Waals surface area contributed by atoms with E-state index in [1.165, 1.54) is 0 Å². The van der Waals surface area contributed by atoms with Gasteiger partial charge in [0.2, 0.25) is 11.8 Å². The number of nitrogens with one attached hydrogen (secondary N) is 2. The lowest BCUT2D eigenvalue weighted by Gasteiger charge is -2.27. The third-order valence-corrected chi connectivity index (χ3v) is 5.84. The van der Waals surface area contributed by atoms with Crippen LogP contribution in [0.25, 0.3) is 0 Å². The number of amides is 4. The van der Waals surface area contributed by atoms with E-state index in [1.807, 2.05) is 0 Å². The number of hydrogen-bond acceptors (Lipinski definition) is 7. The van der Waals surface area contributed by atoms with Gasteiger partial charge in [-0.1, -0.05) is 18.9 Å². The molecule has 1 unspecified atom stereocenters. The van der Waals surface area contributed by atoms with Crippen molar-refractivity contribution in [3.63, 3.8) is 0 Å². The van der Waals surface area contributed by atoms with Crippen molar-refractivity contribution in [2.45, 2.75) is 44.6 Å². The topological polar surface area (TPSA) is 114 Å². The summed E-state index contributed by atoms with van der Waals surface area (Å²) in [5.74, 6) is -1.38. The molecule has 33 heavy (non-hydrogen) atoms. The van der Waals surface area contributed by atoms with Crippen molar-refractivity contribution in [3.05, 3.63) is 29.3 Å². The standard InChI is InChI=1S/C23H30ClN3O6/c24-10-3-1-2-4-12-32-14-15-33-13-11-25-17-7-5-6-16-20(17)23(31)27(22(16)30)18-8-9-19(28)26-21(18)29/h5-7,18,25H,1-4,8-15H2,(H,26,28,29). The lowest BCUT2D eigenvalue weighted by atomic mass is 10.0. The minimum absolute atomic E-state index is 0.0873. The van der Waals surface area contributed by atoms with Crippen LogP contribution in [-0.4, -0.2) is 73.4 Å². The summed E-state index contributed by atoms with van der Waals surface area (Å²) in [5.41, 5.74) is 0.997. The summed E-state index contributed by atoms with van der Waals surface area (Å²) < 4.78 is 11.1. The summed E-state index contributed by atoms with van der Waals surface area (Å²) in [6.45, 7) is 2.54. The zero-order valence-corrected chi connectivity index (χ0v) is 19.3. The fourth-order valence-electron chi connectivity index (χ4n) is 3.89. The van der Waals surface area contributed by atoms with Gasteiger partial charge in [-0.2, -0.15) is 0 Å². The highest BCUT2D eigenvalue weighted by Gasteiger charge is 2.45. The highest BCUT2D eigenvalue weighted by Crippen LogP contribution is 2.32. The Kier molecular flexibility index (Phi) is 9.65. The molecule has 0 aliphatic carbocycles. The molecule has 2 aliphatic heterocycles. The van der Waals surface area contributed by atoms with Crippen LogP contribution in [0.15, 0.2) is 18.2 Å². The molecule has 1 atom stereocenters. The summed E-state index contributed by atoms with van der Waals surface area (Å²) >= 11 is 5.64. The summed E-state index contributed by atoms with van der Waals surface area (Å²) in [4.78, 5) is 50.4. The molecule has 4 amide bonds. The number of anilines is 1. The Balaban J connectivity index is 1.43. The van der Waals surface area contributed by atoms with E-state index in [2.05, 4.69) is 10.6 Å². The van der Waals surface area contributed by atoms with E-state index in [-0.39, 0.29) is 24.0 Å². The smallest absolute Gasteiger partial charge is 0.264 e. The van der Waals surface area contributed by atoms with Crippen LogP contribution >= 0.6 is 11.6 Å². The fraction of sp³-hybridized carbons (Fsp3) is 0.565. The van der Waals surface area contributed by atoms with Crippen molar-refractivity contribution in [1.29, 1.82) is 0 Å². The van der Waals surface area contributed by atoms with E-state index in [0.29, 0.717) is 44.5 Å². The molecule has 1 aromatic carbocycles.